The lowest BCUT2D eigenvalue weighted by Gasteiger charge is -2.62. The molecule has 0 aliphatic carbocycles. The topological polar surface area (TPSA) is 94.2 Å². The molecule has 0 aromatic heterocycles. The van der Waals surface area contributed by atoms with Crippen LogP contribution in [0.5, 0.6) is 0 Å². The van der Waals surface area contributed by atoms with Crippen molar-refractivity contribution in [2.24, 2.45) is 5.41 Å². The van der Waals surface area contributed by atoms with Crippen LogP contribution in [0.4, 0.5) is 20.6 Å². The summed E-state index contributed by atoms with van der Waals surface area (Å²) < 4.78 is 20.4. The maximum Gasteiger partial charge on any atom is 0.410 e. The van der Waals surface area contributed by atoms with Crippen LogP contribution in [-0.2, 0) is 14.3 Å². The monoisotopic (exact) mass is 501 g/mol. The van der Waals surface area contributed by atoms with Crippen LogP contribution >= 0.6 is 0 Å². The second-order valence-corrected chi connectivity index (χ2v) is 11.8. The third-order valence-corrected chi connectivity index (χ3v) is 7.63. The van der Waals surface area contributed by atoms with E-state index in [4.69, 9.17) is 4.74 Å². The lowest BCUT2D eigenvalue weighted by atomic mass is 9.72. The molecule has 3 amide bonds. The van der Waals surface area contributed by atoms with Gasteiger partial charge in [0, 0.05) is 62.8 Å². The van der Waals surface area contributed by atoms with Crippen molar-refractivity contribution < 1.29 is 23.5 Å². The number of anilines is 2. The minimum Gasteiger partial charge on any atom is -0.444 e. The summed E-state index contributed by atoms with van der Waals surface area (Å²) in [5, 5.41) is 5.35. The number of benzene rings is 1. The Kier molecular flexibility index (Phi) is 6.34. The normalized spacial score (nSPS) is 24.7. The summed E-state index contributed by atoms with van der Waals surface area (Å²) in [6, 6.07) is 4.94. The van der Waals surface area contributed by atoms with Crippen LogP contribution in [0.15, 0.2) is 18.2 Å². The number of likely N-dealkylation sites (tertiary alicyclic amines) is 2. The van der Waals surface area contributed by atoms with E-state index in [-0.39, 0.29) is 35.6 Å². The highest BCUT2D eigenvalue weighted by atomic mass is 19.1. The second kappa shape index (κ2) is 9.21. The Balaban J connectivity index is 1.07. The highest BCUT2D eigenvalue weighted by molar-refractivity contribution is 6.01. The Morgan fingerprint density at radius 2 is 1.81 bits per heavy atom. The van der Waals surface area contributed by atoms with Crippen molar-refractivity contribution in [1.82, 2.24) is 15.1 Å². The van der Waals surface area contributed by atoms with E-state index in [1.54, 1.807) is 17.0 Å². The zero-order chi connectivity index (χ0) is 25.7. The van der Waals surface area contributed by atoms with Gasteiger partial charge in [0.05, 0.1) is 5.69 Å². The number of carbonyl (C=O) groups excluding carboxylic acids is 3. The van der Waals surface area contributed by atoms with E-state index in [9.17, 15) is 18.8 Å². The van der Waals surface area contributed by atoms with E-state index in [1.807, 2.05) is 20.8 Å². The first kappa shape index (κ1) is 24.8. The predicted molar refractivity (Wildman–Crippen MR) is 133 cm³/mol. The molecule has 4 fully saturated rings. The third-order valence-electron chi connectivity index (χ3n) is 7.63. The minimum absolute atomic E-state index is 0.214. The average molecular weight is 502 g/mol. The van der Waals surface area contributed by atoms with Gasteiger partial charge in [-0.2, -0.15) is 0 Å². The van der Waals surface area contributed by atoms with Crippen LogP contribution in [0.1, 0.15) is 46.5 Å². The fraction of sp³-hybridized carbons (Fsp3) is 0.654. The van der Waals surface area contributed by atoms with E-state index in [2.05, 4.69) is 20.4 Å². The Morgan fingerprint density at radius 3 is 2.42 bits per heavy atom. The molecule has 4 heterocycles. The van der Waals surface area contributed by atoms with Gasteiger partial charge in [-0.3, -0.25) is 19.8 Å². The van der Waals surface area contributed by atoms with Gasteiger partial charge in [0.1, 0.15) is 17.5 Å². The fourth-order valence-electron chi connectivity index (χ4n) is 5.85. The number of rotatable bonds is 4. The number of nitrogens with one attached hydrogen (secondary N) is 2. The fourth-order valence-corrected chi connectivity index (χ4v) is 5.85. The lowest BCUT2D eigenvalue weighted by Crippen LogP contribution is -2.74. The molecule has 4 aliphatic heterocycles. The Morgan fingerprint density at radius 1 is 1.11 bits per heavy atom. The van der Waals surface area contributed by atoms with E-state index in [1.165, 1.54) is 6.07 Å². The van der Waals surface area contributed by atoms with Crippen LogP contribution in [0.3, 0.4) is 0 Å². The van der Waals surface area contributed by atoms with Gasteiger partial charge in [-0.05, 0) is 58.2 Å². The van der Waals surface area contributed by atoms with Crippen LogP contribution in [0.25, 0.3) is 0 Å². The van der Waals surface area contributed by atoms with Crippen molar-refractivity contribution in [1.29, 1.82) is 0 Å². The van der Waals surface area contributed by atoms with E-state index >= 15 is 0 Å². The van der Waals surface area contributed by atoms with E-state index < -0.39 is 11.6 Å². The van der Waals surface area contributed by atoms with Gasteiger partial charge in [-0.25, -0.2) is 9.18 Å². The summed E-state index contributed by atoms with van der Waals surface area (Å²) in [5.41, 5.74) is 0.858. The van der Waals surface area contributed by atoms with Crippen LogP contribution in [0.2, 0.25) is 0 Å². The molecule has 5 rings (SSSR count). The smallest absolute Gasteiger partial charge is 0.410 e. The van der Waals surface area contributed by atoms with Gasteiger partial charge >= 0.3 is 6.09 Å². The molecule has 0 saturated carbocycles. The first-order valence-electron chi connectivity index (χ1n) is 12.9. The molecular formula is C26H36FN5O4. The van der Waals surface area contributed by atoms with Crippen LogP contribution < -0.4 is 15.5 Å². The van der Waals surface area contributed by atoms with Gasteiger partial charge < -0.3 is 19.9 Å². The second-order valence-electron chi connectivity index (χ2n) is 11.8. The van der Waals surface area contributed by atoms with Crippen molar-refractivity contribution in [2.45, 2.75) is 64.1 Å². The highest BCUT2D eigenvalue weighted by Gasteiger charge is 2.55. The van der Waals surface area contributed by atoms with Gasteiger partial charge in [-0.1, -0.05) is 0 Å². The SMILES string of the molecule is CC(C)(C)OC(=O)N1CC2(C1)CN(C1CCN(c3ccc(NC4CCC(=O)NC4=O)cc3F)CC1)C2. The summed E-state index contributed by atoms with van der Waals surface area (Å²) >= 11 is 0. The largest absolute Gasteiger partial charge is 0.444 e. The molecule has 1 unspecified atom stereocenters. The molecule has 4 saturated heterocycles. The number of ether oxygens (including phenoxy) is 1. The maximum atomic E-state index is 15.0. The molecule has 0 bridgehead atoms. The first-order chi connectivity index (χ1) is 17.0. The van der Waals surface area contributed by atoms with Crippen molar-refractivity contribution in [3.8, 4) is 0 Å². The molecule has 196 valence electrons. The molecule has 0 radical (unpaired) electrons. The Labute approximate surface area is 211 Å². The summed E-state index contributed by atoms with van der Waals surface area (Å²) in [5.74, 6) is -0.956. The number of hydrogen-bond acceptors (Lipinski definition) is 7. The molecule has 1 aromatic carbocycles. The zero-order valence-corrected chi connectivity index (χ0v) is 21.3. The maximum absolute atomic E-state index is 15.0. The molecule has 2 N–H and O–H groups in total. The number of nitrogens with zero attached hydrogens (tertiary/aromatic N) is 3. The summed E-state index contributed by atoms with van der Waals surface area (Å²) in [4.78, 5) is 41.9. The van der Waals surface area contributed by atoms with Gasteiger partial charge in [0.2, 0.25) is 11.8 Å². The summed E-state index contributed by atoms with van der Waals surface area (Å²) in [6.45, 7) is 10.8. The minimum atomic E-state index is -0.532. The van der Waals surface area contributed by atoms with Crippen molar-refractivity contribution in [3.05, 3.63) is 24.0 Å². The predicted octanol–water partition coefficient (Wildman–Crippen LogP) is 2.56. The van der Waals surface area contributed by atoms with Crippen molar-refractivity contribution in [3.63, 3.8) is 0 Å². The third kappa shape index (κ3) is 5.14. The number of hydrogen-bond donors (Lipinski definition) is 2. The summed E-state index contributed by atoms with van der Waals surface area (Å²) in [7, 11) is 0. The summed E-state index contributed by atoms with van der Waals surface area (Å²) in [6.07, 6.45) is 2.40. The van der Waals surface area contributed by atoms with Gasteiger partial charge in [-0.15, -0.1) is 0 Å². The average Bonchev–Trinajstić information content (AvgIpc) is 2.73. The van der Waals surface area contributed by atoms with Gasteiger partial charge in [0.25, 0.3) is 0 Å². The number of halogens is 1. The molecular weight excluding hydrogens is 465 g/mol. The van der Waals surface area contributed by atoms with Gasteiger partial charge in [0.15, 0.2) is 0 Å². The molecule has 1 aromatic rings. The molecule has 36 heavy (non-hydrogen) atoms. The van der Waals surface area contributed by atoms with E-state index in [0.717, 1.165) is 52.1 Å². The molecule has 9 nitrogen and oxygen atoms in total. The first-order valence-corrected chi connectivity index (χ1v) is 12.9. The van der Waals surface area contributed by atoms with E-state index in [0.29, 0.717) is 23.8 Å². The van der Waals surface area contributed by atoms with Crippen molar-refractivity contribution in [2.75, 3.05) is 49.5 Å². The number of amides is 3. The molecule has 4 aliphatic rings. The van der Waals surface area contributed by atoms with Crippen LogP contribution in [0, 0.1) is 11.2 Å². The zero-order valence-electron chi connectivity index (χ0n) is 21.3. The van der Waals surface area contributed by atoms with Crippen molar-refractivity contribution >= 4 is 29.3 Å². The quantitative estimate of drug-likeness (QED) is 0.613. The Bertz CT molecular complexity index is 1040. The molecule has 1 atom stereocenters. The Hall–Kier alpha value is -2.88. The lowest BCUT2D eigenvalue weighted by molar-refractivity contribution is -0.133. The molecule has 1 spiro atoms. The highest BCUT2D eigenvalue weighted by Crippen LogP contribution is 2.42. The standard InChI is InChI=1S/C26H36FN5O4/c1-25(2,3)36-24(35)32-15-26(16-32)13-31(14-26)18-8-10-30(11-9-18)21-6-4-17(12-19(21)27)28-20-5-7-22(33)29-23(20)34/h4,6,12,18,20,28H,5,7-11,13-16H2,1-3H3,(H,29,33,34). The number of carbonyl (C=O) groups is 3. The molecule has 10 heteroatoms. The number of imide groups is 1. The van der Waals surface area contributed by atoms with Crippen LogP contribution in [-0.4, -0.2) is 84.7 Å². The number of piperidine rings is 2.